The summed E-state index contributed by atoms with van der Waals surface area (Å²) < 4.78 is 48.2. The Morgan fingerprint density at radius 1 is 1.17 bits per heavy atom. The second kappa shape index (κ2) is 10.7. The molecule has 4 atom stereocenters. The van der Waals surface area contributed by atoms with Crippen LogP contribution in [0.5, 0.6) is 5.75 Å². The van der Waals surface area contributed by atoms with E-state index < -0.39 is 29.8 Å². The van der Waals surface area contributed by atoms with Crippen molar-refractivity contribution in [1.29, 1.82) is 0 Å². The second-order valence-corrected chi connectivity index (χ2v) is 9.76. The van der Waals surface area contributed by atoms with E-state index in [0.717, 1.165) is 38.0 Å². The number of hydrogen-bond acceptors (Lipinski definition) is 7. The van der Waals surface area contributed by atoms with Gasteiger partial charge >= 0.3 is 0 Å². The Bertz CT molecular complexity index is 1050. The van der Waals surface area contributed by atoms with Gasteiger partial charge in [0.1, 0.15) is 43.1 Å². The first-order valence-electron chi connectivity index (χ1n) is 12.5. The predicted octanol–water partition coefficient (Wildman–Crippen LogP) is 3.38. The highest BCUT2D eigenvalue weighted by Gasteiger charge is 2.51. The molecule has 0 saturated carbocycles. The van der Waals surface area contributed by atoms with E-state index in [9.17, 15) is 8.78 Å². The van der Waals surface area contributed by atoms with E-state index in [1.165, 1.54) is 35.2 Å². The molecule has 10 heteroatoms. The van der Waals surface area contributed by atoms with Crippen molar-refractivity contribution in [2.45, 2.75) is 44.5 Å². The minimum absolute atomic E-state index is 0.118. The van der Waals surface area contributed by atoms with Gasteiger partial charge in [0.25, 0.3) is 0 Å². The number of anilines is 1. The standard InChI is InChI=1S/C26H33F2N5O3/c1-19(2)31-9-11-32(12-10-31)21-4-6-22(7-5-21)34-14-23-15-35-26(36-23,16-33-18-29-17-30-33)24-8-3-20(27)13-25(24)28/h3-8,13,17-19,23-25H,9-12,14-16H2,1-2H3/t23-,24?,25?,26-/m0/s1. The van der Waals surface area contributed by atoms with Gasteiger partial charge in [-0.1, -0.05) is 6.08 Å². The van der Waals surface area contributed by atoms with Crippen LogP contribution in [-0.2, 0) is 16.0 Å². The van der Waals surface area contributed by atoms with E-state index >= 15 is 0 Å². The van der Waals surface area contributed by atoms with E-state index in [-0.39, 0.29) is 19.8 Å². The van der Waals surface area contributed by atoms with Gasteiger partial charge in [-0.3, -0.25) is 4.90 Å². The van der Waals surface area contributed by atoms with Crippen molar-refractivity contribution in [1.82, 2.24) is 19.7 Å². The van der Waals surface area contributed by atoms with E-state index in [2.05, 4.69) is 45.9 Å². The number of aromatic nitrogens is 3. The van der Waals surface area contributed by atoms with Crippen LogP contribution in [0.25, 0.3) is 0 Å². The largest absolute Gasteiger partial charge is 0.491 e. The molecular weight excluding hydrogens is 468 g/mol. The fraction of sp³-hybridized carbons (Fsp3) is 0.538. The van der Waals surface area contributed by atoms with Crippen molar-refractivity contribution in [3.8, 4) is 5.75 Å². The summed E-state index contributed by atoms with van der Waals surface area (Å²) in [5.74, 6) is -2.07. The number of halogens is 2. The lowest BCUT2D eigenvalue weighted by atomic mass is 9.89. The van der Waals surface area contributed by atoms with Crippen molar-refractivity contribution in [3.63, 3.8) is 0 Å². The molecule has 2 fully saturated rings. The molecule has 8 nitrogen and oxygen atoms in total. The number of benzene rings is 1. The van der Waals surface area contributed by atoms with Gasteiger partial charge in [0.2, 0.25) is 0 Å². The summed E-state index contributed by atoms with van der Waals surface area (Å²) in [6.07, 6.45) is 4.53. The van der Waals surface area contributed by atoms with Crippen molar-refractivity contribution >= 4 is 5.69 Å². The van der Waals surface area contributed by atoms with Crippen LogP contribution in [0.1, 0.15) is 13.8 Å². The van der Waals surface area contributed by atoms with Crippen molar-refractivity contribution < 1.29 is 23.0 Å². The van der Waals surface area contributed by atoms with Crippen LogP contribution in [-0.4, -0.2) is 83.2 Å². The highest BCUT2D eigenvalue weighted by Crippen LogP contribution is 2.39. The number of hydrogen-bond donors (Lipinski definition) is 0. The summed E-state index contributed by atoms with van der Waals surface area (Å²) in [6.45, 7) is 9.17. The summed E-state index contributed by atoms with van der Waals surface area (Å²) in [4.78, 5) is 8.82. The van der Waals surface area contributed by atoms with E-state index in [0.29, 0.717) is 6.04 Å². The molecule has 3 aliphatic rings. The van der Waals surface area contributed by atoms with Gasteiger partial charge in [0.15, 0.2) is 5.79 Å². The summed E-state index contributed by atoms with van der Waals surface area (Å²) in [5, 5.41) is 4.11. The van der Waals surface area contributed by atoms with Crippen LogP contribution in [0.2, 0.25) is 0 Å². The molecule has 3 heterocycles. The molecule has 5 rings (SSSR count). The molecule has 0 N–H and O–H groups in total. The highest BCUT2D eigenvalue weighted by molar-refractivity contribution is 5.49. The van der Waals surface area contributed by atoms with Gasteiger partial charge in [0, 0.05) is 37.9 Å². The fourth-order valence-electron chi connectivity index (χ4n) is 5.01. The monoisotopic (exact) mass is 501 g/mol. The molecule has 0 spiro atoms. The quantitative estimate of drug-likeness (QED) is 0.550. The lowest BCUT2D eigenvalue weighted by molar-refractivity contribution is -0.215. The molecule has 1 aromatic heterocycles. The highest BCUT2D eigenvalue weighted by atomic mass is 19.1. The summed E-state index contributed by atoms with van der Waals surface area (Å²) >= 11 is 0. The Morgan fingerprint density at radius 2 is 1.94 bits per heavy atom. The van der Waals surface area contributed by atoms with Gasteiger partial charge < -0.3 is 19.1 Å². The number of ether oxygens (including phenoxy) is 3. The zero-order chi connectivity index (χ0) is 25.1. The molecule has 1 aliphatic carbocycles. The normalized spacial score (nSPS) is 29.1. The van der Waals surface area contributed by atoms with E-state index in [4.69, 9.17) is 14.2 Å². The maximum absolute atomic E-state index is 14.8. The minimum Gasteiger partial charge on any atom is -0.491 e. The molecule has 0 amide bonds. The fourth-order valence-corrected chi connectivity index (χ4v) is 5.01. The number of nitrogens with zero attached hydrogens (tertiary/aromatic N) is 5. The lowest BCUT2D eigenvalue weighted by Gasteiger charge is -2.38. The molecule has 1 aromatic carbocycles. The third-order valence-electron chi connectivity index (χ3n) is 7.04. The Kier molecular flexibility index (Phi) is 7.36. The Hall–Kier alpha value is -2.82. The third-order valence-corrected chi connectivity index (χ3v) is 7.04. The number of allylic oxidation sites excluding steroid dienone is 3. The van der Waals surface area contributed by atoms with Crippen LogP contribution < -0.4 is 9.64 Å². The Labute approximate surface area is 210 Å². The van der Waals surface area contributed by atoms with E-state index in [1.807, 2.05) is 12.1 Å². The maximum Gasteiger partial charge on any atom is 0.198 e. The summed E-state index contributed by atoms with van der Waals surface area (Å²) in [6, 6.07) is 8.63. The second-order valence-electron chi connectivity index (χ2n) is 9.76. The first-order chi connectivity index (χ1) is 17.4. The van der Waals surface area contributed by atoms with Crippen molar-refractivity contribution in [3.05, 3.63) is 61.0 Å². The zero-order valence-corrected chi connectivity index (χ0v) is 20.7. The van der Waals surface area contributed by atoms with Gasteiger partial charge in [0.05, 0.1) is 19.1 Å². The molecule has 2 unspecified atom stereocenters. The maximum atomic E-state index is 14.8. The zero-order valence-electron chi connectivity index (χ0n) is 20.7. The van der Waals surface area contributed by atoms with Crippen LogP contribution in [0, 0.1) is 5.92 Å². The molecule has 36 heavy (non-hydrogen) atoms. The number of alkyl halides is 1. The van der Waals surface area contributed by atoms with Gasteiger partial charge in [-0.05, 0) is 50.3 Å². The molecule has 2 aliphatic heterocycles. The van der Waals surface area contributed by atoms with Crippen LogP contribution >= 0.6 is 0 Å². The van der Waals surface area contributed by atoms with Gasteiger partial charge in [-0.2, -0.15) is 5.10 Å². The number of piperazine rings is 1. The molecule has 0 radical (unpaired) electrons. The summed E-state index contributed by atoms with van der Waals surface area (Å²) in [7, 11) is 0. The van der Waals surface area contributed by atoms with Crippen molar-refractivity contribution in [2.24, 2.45) is 5.92 Å². The first-order valence-corrected chi connectivity index (χ1v) is 12.5. The predicted molar refractivity (Wildman–Crippen MR) is 131 cm³/mol. The first kappa shape index (κ1) is 24.9. The third kappa shape index (κ3) is 5.45. The van der Waals surface area contributed by atoms with Gasteiger partial charge in [-0.25, -0.2) is 18.4 Å². The SMILES string of the molecule is CC(C)N1CCN(c2ccc(OC[C@H]3CO[C@](Cn4cncn4)(C4C=CC(F)=CC4F)O3)cc2)CC1. The minimum atomic E-state index is -1.59. The van der Waals surface area contributed by atoms with Gasteiger partial charge in [-0.15, -0.1) is 0 Å². The van der Waals surface area contributed by atoms with Crippen molar-refractivity contribution in [2.75, 3.05) is 44.3 Å². The summed E-state index contributed by atoms with van der Waals surface area (Å²) in [5.41, 5.74) is 1.18. The van der Waals surface area contributed by atoms with Crippen LogP contribution in [0.15, 0.2) is 61.0 Å². The number of rotatable bonds is 8. The topological polar surface area (TPSA) is 64.9 Å². The average molecular weight is 502 g/mol. The molecule has 0 bridgehead atoms. The Morgan fingerprint density at radius 3 is 2.61 bits per heavy atom. The van der Waals surface area contributed by atoms with E-state index in [1.54, 1.807) is 0 Å². The average Bonchev–Trinajstić information content (AvgIpc) is 3.54. The lowest BCUT2D eigenvalue weighted by Crippen LogP contribution is -2.48. The Balaban J connectivity index is 1.19. The molecular formula is C26H33F2N5O3. The molecule has 2 saturated heterocycles. The van der Waals surface area contributed by atoms with Crippen LogP contribution in [0.3, 0.4) is 0 Å². The molecule has 2 aromatic rings. The molecule has 194 valence electrons. The van der Waals surface area contributed by atoms with Crippen LogP contribution in [0.4, 0.5) is 14.5 Å². The smallest absolute Gasteiger partial charge is 0.198 e.